The van der Waals surface area contributed by atoms with Gasteiger partial charge in [0.25, 0.3) is 0 Å². The van der Waals surface area contributed by atoms with Gasteiger partial charge >= 0.3 is 7.12 Å². The van der Waals surface area contributed by atoms with Crippen LogP contribution in [0.3, 0.4) is 0 Å². The predicted molar refractivity (Wildman–Crippen MR) is 45.8 cm³/mol. The molecule has 0 aromatic carbocycles. The fourth-order valence-corrected chi connectivity index (χ4v) is 0.663. The summed E-state index contributed by atoms with van der Waals surface area (Å²) in [5.74, 6) is 1.03. The summed E-state index contributed by atoms with van der Waals surface area (Å²) in [4.78, 5) is 0. The summed E-state index contributed by atoms with van der Waals surface area (Å²) in [6.07, 6.45) is 0. The van der Waals surface area contributed by atoms with E-state index in [1.54, 1.807) is 0 Å². The lowest BCUT2D eigenvalue weighted by Crippen LogP contribution is -2.03. The molecular formula is C8H9BO2. The summed E-state index contributed by atoms with van der Waals surface area (Å²) in [5, 5.41) is 15.6. The first kappa shape index (κ1) is 8.05. The third-order valence-corrected chi connectivity index (χ3v) is 1.43. The lowest BCUT2D eigenvalue weighted by molar-refractivity contribution is 0.424. The number of rotatable bonds is 1. The quantitative estimate of drug-likeness (QED) is 0.588. The van der Waals surface area contributed by atoms with E-state index >= 15 is 0 Å². The molecule has 0 bridgehead atoms. The molecule has 0 spiro atoms. The Balaban J connectivity index is 0.000000114. The van der Waals surface area contributed by atoms with E-state index < -0.39 is 7.12 Å². The Morgan fingerprint density at radius 3 is 1.36 bits per heavy atom. The van der Waals surface area contributed by atoms with Gasteiger partial charge in [0.05, 0.1) is 0 Å². The van der Waals surface area contributed by atoms with E-state index in [1.807, 2.05) is 0 Å². The Kier molecular flexibility index (Phi) is 2.46. The topological polar surface area (TPSA) is 40.5 Å². The molecule has 0 amide bonds. The van der Waals surface area contributed by atoms with Crippen LogP contribution in [0.5, 0.6) is 0 Å². The highest BCUT2D eigenvalue weighted by Crippen LogP contribution is 2.29. The van der Waals surface area contributed by atoms with Crippen LogP contribution >= 0.6 is 0 Å². The molecule has 0 saturated heterocycles. The summed E-state index contributed by atoms with van der Waals surface area (Å²) < 4.78 is 0. The molecule has 0 aliphatic heterocycles. The van der Waals surface area contributed by atoms with Gasteiger partial charge in [-0.25, -0.2) is 0 Å². The molecule has 2 aliphatic carbocycles. The van der Waals surface area contributed by atoms with Crippen molar-refractivity contribution in [2.24, 2.45) is 0 Å². The van der Waals surface area contributed by atoms with Gasteiger partial charge in [0.1, 0.15) is 0 Å². The highest BCUT2D eigenvalue weighted by Gasteiger charge is 2.03. The van der Waals surface area contributed by atoms with Crippen LogP contribution in [0.4, 0.5) is 0 Å². The zero-order valence-corrected chi connectivity index (χ0v) is 6.07. The van der Waals surface area contributed by atoms with Crippen molar-refractivity contribution >= 4 is 7.12 Å². The van der Waals surface area contributed by atoms with Crippen molar-refractivity contribution < 1.29 is 10.0 Å². The summed E-state index contributed by atoms with van der Waals surface area (Å²) >= 11 is 0. The van der Waals surface area contributed by atoms with E-state index in [0.717, 1.165) is 5.98 Å². The van der Waals surface area contributed by atoms with Crippen molar-refractivity contribution in [1.82, 2.24) is 0 Å². The average molecular weight is 148 g/mol. The second-order valence-electron chi connectivity index (χ2n) is 2.23. The van der Waals surface area contributed by atoms with Crippen LogP contribution in [0.2, 0.25) is 0 Å². The van der Waals surface area contributed by atoms with Crippen LogP contribution in [0.25, 0.3) is 11.1 Å². The molecule has 0 atom stereocenters. The highest BCUT2D eigenvalue weighted by molar-refractivity contribution is 6.47. The van der Waals surface area contributed by atoms with Crippen LogP contribution in [-0.2, 0) is 0 Å². The molecule has 2 N–H and O–H groups in total. The first-order valence-electron chi connectivity index (χ1n) is 3.33. The zero-order valence-electron chi connectivity index (χ0n) is 6.07. The molecule has 0 aromatic heterocycles. The van der Waals surface area contributed by atoms with Gasteiger partial charge in [-0.05, 0) is 11.1 Å². The van der Waals surface area contributed by atoms with Gasteiger partial charge in [-0.2, -0.15) is 0 Å². The fourth-order valence-electron chi connectivity index (χ4n) is 0.663. The third-order valence-electron chi connectivity index (χ3n) is 1.43. The molecular weight excluding hydrogens is 139 g/mol. The van der Waals surface area contributed by atoms with E-state index in [-0.39, 0.29) is 0 Å². The molecule has 2 rings (SSSR count). The van der Waals surface area contributed by atoms with Gasteiger partial charge in [0.15, 0.2) is 0 Å². The van der Waals surface area contributed by atoms with Crippen molar-refractivity contribution in [3.05, 3.63) is 36.8 Å². The molecule has 0 saturated carbocycles. The number of hydrogen-bond donors (Lipinski definition) is 2. The SMILES string of the molecule is C=CB(O)O.c1cc2ccc1-2. The standard InChI is InChI=1S/C6H4.C2H5BO2/c1-2-6-4-3-5(1)6;1-2-3(4)5/h1-4H;2,4-5H,1H2. The highest BCUT2D eigenvalue weighted by atomic mass is 16.4. The van der Waals surface area contributed by atoms with Gasteiger partial charge in [-0.1, -0.05) is 30.2 Å². The summed E-state index contributed by atoms with van der Waals surface area (Å²) in [5.41, 5.74) is 2.85. The summed E-state index contributed by atoms with van der Waals surface area (Å²) in [6, 6.07) is 8.48. The van der Waals surface area contributed by atoms with E-state index in [4.69, 9.17) is 10.0 Å². The largest absolute Gasteiger partial charge is 0.480 e. The molecule has 0 heterocycles. The number of benzene rings is 1. The minimum absolute atomic E-state index is 1.03. The third kappa shape index (κ3) is 1.93. The first-order valence-corrected chi connectivity index (χ1v) is 3.33. The van der Waals surface area contributed by atoms with Gasteiger partial charge in [-0.3, -0.25) is 0 Å². The maximum Gasteiger partial charge on any atom is 0.480 e. The maximum absolute atomic E-state index is 7.80. The van der Waals surface area contributed by atoms with Crippen molar-refractivity contribution in [3.8, 4) is 11.1 Å². The van der Waals surface area contributed by atoms with E-state index in [9.17, 15) is 0 Å². The molecule has 2 aliphatic rings. The van der Waals surface area contributed by atoms with Crippen LogP contribution in [-0.4, -0.2) is 17.2 Å². The molecule has 11 heavy (non-hydrogen) atoms. The van der Waals surface area contributed by atoms with Crippen molar-refractivity contribution in [2.75, 3.05) is 0 Å². The van der Waals surface area contributed by atoms with Crippen LogP contribution < -0.4 is 0 Å². The van der Waals surface area contributed by atoms with Crippen molar-refractivity contribution in [1.29, 1.82) is 0 Å². The average Bonchev–Trinajstić information content (AvgIpc) is 1.98. The van der Waals surface area contributed by atoms with Crippen molar-refractivity contribution in [3.63, 3.8) is 0 Å². The molecule has 0 unspecified atom stereocenters. The Labute approximate surface area is 66.0 Å². The molecule has 0 fully saturated rings. The monoisotopic (exact) mass is 148 g/mol. The smallest absolute Gasteiger partial charge is 0.424 e. The van der Waals surface area contributed by atoms with E-state index in [1.165, 1.54) is 11.1 Å². The zero-order chi connectivity index (χ0) is 8.27. The number of hydrogen-bond acceptors (Lipinski definition) is 2. The minimum Gasteiger partial charge on any atom is -0.424 e. The van der Waals surface area contributed by atoms with E-state index in [2.05, 4.69) is 30.8 Å². The van der Waals surface area contributed by atoms with Crippen LogP contribution in [0, 0.1) is 0 Å². The summed E-state index contributed by atoms with van der Waals surface area (Å²) in [6.45, 7) is 3.06. The first-order chi connectivity index (χ1) is 5.24. The van der Waals surface area contributed by atoms with Crippen LogP contribution in [0.15, 0.2) is 36.8 Å². The Morgan fingerprint density at radius 1 is 1.09 bits per heavy atom. The van der Waals surface area contributed by atoms with Gasteiger partial charge < -0.3 is 10.0 Å². The van der Waals surface area contributed by atoms with Crippen LogP contribution in [0.1, 0.15) is 0 Å². The molecule has 56 valence electrons. The van der Waals surface area contributed by atoms with Gasteiger partial charge in [0, 0.05) is 0 Å². The van der Waals surface area contributed by atoms with Gasteiger partial charge in [0.2, 0.25) is 0 Å². The Bertz CT molecular complexity index is 220. The molecule has 0 radical (unpaired) electrons. The van der Waals surface area contributed by atoms with Crippen molar-refractivity contribution in [2.45, 2.75) is 0 Å². The van der Waals surface area contributed by atoms with E-state index in [0.29, 0.717) is 0 Å². The second-order valence-corrected chi connectivity index (χ2v) is 2.23. The lowest BCUT2D eigenvalue weighted by atomic mass is 9.94. The van der Waals surface area contributed by atoms with Gasteiger partial charge in [-0.15, -0.1) is 6.58 Å². The normalized spacial score (nSPS) is 9.27. The Morgan fingerprint density at radius 2 is 1.36 bits per heavy atom. The molecule has 0 aromatic rings. The second kappa shape index (κ2) is 3.37. The number of fused-ring (bicyclic) bond motifs is 1. The predicted octanol–water partition coefficient (Wildman–Crippen LogP) is 0.851. The molecule has 2 nitrogen and oxygen atoms in total. The fraction of sp³-hybridized carbons (Fsp3) is 0. The minimum atomic E-state index is -1.35. The molecule has 3 heteroatoms. The summed E-state index contributed by atoms with van der Waals surface area (Å²) in [7, 11) is -1.35. The lowest BCUT2D eigenvalue weighted by Gasteiger charge is -2.10. The maximum atomic E-state index is 7.80. The Hall–Kier alpha value is -1.06.